The molecule has 1 N–H and O–H groups in total. The van der Waals surface area contributed by atoms with Crippen molar-refractivity contribution in [2.24, 2.45) is 0 Å². The lowest BCUT2D eigenvalue weighted by Gasteiger charge is -2.37. The van der Waals surface area contributed by atoms with Gasteiger partial charge in [-0.15, -0.1) is 0 Å². The molecule has 0 saturated carbocycles. The van der Waals surface area contributed by atoms with E-state index in [1.807, 2.05) is 12.1 Å². The molecule has 4 nitrogen and oxygen atoms in total. The van der Waals surface area contributed by atoms with Gasteiger partial charge in [0.2, 0.25) is 0 Å². The van der Waals surface area contributed by atoms with Crippen LogP contribution >= 0.6 is 0 Å². The van der Waals surface area contributed by atoms with Crippen molar-refractivity contribution in [3.63, 3.8) is 0 Å². The number of hydrogen-bond donors (Lipinski definition) is 1. The lowest BCUT2D eigenvalue weighted by Crippen LogP contribution is -2.49. The molecule has 1 saturated heterocycles. The highest BCUT2D eigenvalue weighted by atomic mass is 19.4. The molecule has 27 heavy (non-hydrogen) atoms. The van der Waals surface area contributed by atoms with Gasteiger partial charge in [-0.1, -0.05) is 12.1 Å². The third-order valence-corrected chi connectivity index (χ3v) is 5.15. The maximum absolute atomic E-state index is 12.5. The van der Waals surface area contributed by atoms with E-state index in [2.05, 4.69) is 51.5 Å². The molecular weight excluding hydrogens is 353 g/mol. The molecule has 0 spiro atoms. The van der Waals surface area contributed by atoms with E-state index in [4.69, 9.17) is 0 Å². The zero-order valence-electron chi connectivity index (χ0n) is 15.0. The Morgan fingerprint density at radius 3 is 2.19 bits per heavy atom. The van der Waals surface area contributed by atoms with Crippen LogP contribution in [0.25, 0.3) is 0 Å². The summed E-state index contributed by atoms with van der Waals surface area (Å²) < 4.78 is 37.6. The average molecular weight is 376 g/mol. The topological polar surface area (TPSA) is 21.8 Å². The summed E-state index contributed by atoms with van der Waals surface area (Å²) in [6.07, 6.45) is -4.12. The smallest absolute Gasteiger partial charge is 0.382 e. The Kier molecular flexibility index (Phi) is 4.86. The highest BCUT2D eigenvalue weighted by Crippen LogP contribution is 2.35. The number of anilines is 4. The summed E-state index contributed by atoms with van der Waals surface area (Å²) in [6, 6.07) is 16.6. The van der Waals surface area contributed by atoms with Gasteiger partial charge in [0, 0.05) is 50.6 Å². The lowest BCUT2D eigenvalue weighted by atomic mass is 10.1. The van der Waals surface area contributed by atoms with Crippen LogP contribution in [0.5, 0.6) is 0 Å². The molecule has 2 aromatic rings. The number of halogens is 3. The van der Waals surface area contributed by atoms with Crippen molar-refractivity contribution in [3.8, 4) is 0 Å². The maximum Gasteiger partial charge on any atom is 0.401 e. The molecule has 2 aliphatic heterocycles. The first-order chi connectivity index (χ1) is 13.0. The zero-order valence-corrected chi connectivity index (χ0v) is 15.0. The van der Waals surface area contributed by atoms with E-state index in [1.165, 1.54) is 4.90 Å². The Balaban J connectivity index is 1.42. The Bertz CT molecular complexity index is 768. The lowest BCUT2D eigenvalue weighted by molar-refractivity contribution is -0.146. The highest BCUT2D eigenvalue weighted by molar-refractivity contribution is 5.78. The molecule has 0 aliphatic carbocycles. The van der Waals surface area contributed by atoms with Crippen LogP contribution in [-0.2, 0) is 0 Å². The van der Waals surface area contributed by atoms with Crippen LogP contribution in [0.3, 0.4) is 0 Å². The molecule has 2 aromatic carbocycles. The molecule has 0 bridgehead atoms. The van der Waals surface area contributed by atoms with Crippen molar-refractivity contribution < 1.29 is 13.2 Å². The highest BCUT2D eigenvalue weighted by Gasteiger charge is 2.32. The van der Waals surface area contributed by atoms with Gasteiger partial charge >= 0.3 is 6.18 Å². The van der Waals surface area contributed by atoms with Crippen molar-refractivity contribution in [2.75, 3.05) is 60.9 Å². The summed E-state index contributed by atoms with van der Waals surface area (Å²) in [5.41, 5.74) is 4.49. The van der Waals surface area contributed by atoms with Gasteiger partial charge < -0.3 is 15.1 Å². The number of alkyl halides is 3. The Hall–Kier alpha value is -2.41. The largest absolute Gasteiger partial charge is 0.401 e. The van der Waals surface area contributed by atoms with E-state index in [1.54, 1.807) is 0 Å². The second kappa shape index (κ2) is 7.31. The standard InChI is InChI=1S/C20H23F3N4/c21-20(22,23)15-25-11-13-26(14-12-25)16-5-7-17(8-6-16)27-10-9-24-18-3-1-2-4-19(18)27/h1-8,24H,9-15H2. The van der Waals surface area contributed by atoms with Gasteiger partial charge in [-0.3, -0.25) is 4.90 Å². The van der Waals surface area contributed by atoms with E-state index in [0.29, 0.717) is 26.2 Å². The van der Waals surface area contributed by atoms with Crippen molar-refractivity contribution in [1.82, 2.24) is 4.90 Å². The van der Waals surface area contributed by atoms with Gasteiger partial charge in [0.1, 0.15) is 0 Å². The molecule has 0 radical (unpaired) electrons. The molecule has 2 heterocycles. The first kappa shape index (κ1) is 18.0. The summed E-state index contributed by atoms with van der Waals surface area (Å²) in [4.78, 5) is 5.92. The third kappa shape index (κ3) is 4.13. The van der Waals surface area contributed by atoms with Crippen LogP contribution in [0.4, 0.5) is 35.9 Å². The normalized spacial score (nSPS) is 18.2. The number of rotatable bonds is 3. The first-order valence-corrected chi connectivity index (χ1v) is 9.24. The summed E-state index contributed by atoms with van der Waals surface area (Å²) in [5.74, 6) is 0. The first-order valence-electron chi connectivity index (χ1n) is 9.24. The van der Waals surface area contributed by atoms with Crippen molar-refractivity contribution >= 4 is 22.7 Å². The molecule has 144 valence electrons. The Labute approximate surface area is 157 Å². The molecule has 0 atom stereocenters. The van der Waals surface area contributed by atoms with Gasteiger partial charge in [0.25, 0.3) is 0 Å². The number of para-hydroxylation sites is 2. The second-order valence-corrected chi connectivity index (χ2v) is 6.99. The number of nitrogens with zero attached hydrogens (tertiary/aromatic N) is 3. The molecule has 7 heteroatoms. The maximum atomic E-state index is 12.5. The van der Waals surface area contributed by atoms with Crippen LogP contribution in [0, 0.1) is 0 Å². The van der Waals surface area contributed by atoms with Crippen LogP contribution < -0.4 is 15.1 Å². The van der Waals surface area contributed by atoms with Crippen molar-refractivity contribution in [1.29, 1.82) is 0 Å². The van der Waals surface area contributed by atoms with Crippen molar-refractivity contribution in [2.45, 2.75) is 6.18 Å². The van der Waals surface area contributed by atoms with Gasteiger partial charge in [-0.2, -0.15) is 13.2 Å². The SMILES string of the molecule is FC(F)(F)CN1CCN(c2ccc(N3CCNc4ccccc43)cc2)CC1. The minimum Gasteiger partial charge on any atom is -0.382 e. The minimum atomic E-state index is -4.12. The average Bonchev–Trinajstić information content (AvgIpc) is 2.67. The monoisotopic (exact) mass is 376 g/mol. The van der Waals surface area contributed by atoms with E-state index < -0.39 is 12.7 Å². The fourth-order valence-electron chi connectivity index (χ4n) is 3.81. The van der Waals surface area contributed by atoms with Gasteiger partial charge in [-0.05, 0) is 36.4 Å². The molecule has 0 amide bonds. The van der Waals surface area contributed by atoms with E-state index in [9.17, 15) is 13.2 Å². The van der Waals surface area contributed by atoms with E-state index in [-0.39, 0.29) is 0 Å². The summed E-state index contributed by atoms with van der Waals surface area (Å²) >= 11 is 0. The number of piperazine rings is 1. The summed E-state index contributed by atoms with van der Waals surface area (Å²) in [5, 5.41) is 3.41. The fraction of sp³-hybridized carbons (Fsp3) is 0.400. The van der Waals surface area contributed by atoms with Crippen molar-refractivity contribution in [3.05, 3.63) is 48.5 Å². The number of benzene rings is 2. The molecule has 4 rings (SSSR count). The van der Waals surface area contributed by atoms with Gasteiger partial charge in [0.15, 0.2) is 0 Å². The Morgan fingerprint density at radius 2 is 1.48 bits per heavy atom. The number of fused-ring (bicyclic) bond motifs is 1. The fourth-order valence-corrected chi connectivity index (χ4v) is 3.81. The van der Waals surface area contributed by atoms with Crippen LogP contribution in [0.15, 0.2) is 48.5 Å². The van der Waals surface area contributed by atoms with E-state index >= 15 is 0 Å². The predicted molar refractivity (Wildman–Crippen MR) is 103 cm³/mol. The Morgan fingerprint density at radius 1 is 0.815 bits per heavy atom. The zero-order chi connectivity index (χ0) is 18.9. The minimum absolute atomic E-state index is 0.437. The molecule has 0 aromatic heterocycles. The molecule has 0 unspecified atom stereocenters. The second-order valence-electron chi connectivity index (χ2n) is 6.99. The van der Waals surface area contributed by atoms with Gasteiger partial charge in [0.05, 0.1) is 17.9 Å². The van der Waals surface area contributed by atoms with Crippen LogP contribution in [0.1, 0.15) is 0 Å². The predicted octanol–water partition coefficient (Wildman–Crippen LogP) is 3.93. The quantitative estimate of drug-likeness (QED) is 0.876. The molecule has 2 aliphatic rings. The third-order valence-electron chi connectivity index (χ3n) is 5.15. The van der Waals surface area contributed by atoms with Gasteiger partial charge in [-0.25, -0.2) is 0 Å². The summed E-state index contributed by atoms with van der Waals surface area (Å²) in [6.45, 7) is 3.07. The number of hydrogen-bond acceptors (Lipinski definition) is 4. The molecular formula is C20H23F3N4. The van der Waals surface area contributed by atoms with E-state index in [0.717, 1.165) is 35.8 Å². The molecule has 1 fully saturated rings. The van der Waals surface area contributed by atoms with Crippen LogP contribution in [0.2, 0.25) is 0 Å². The number of nitrogens with one attached hydrogen (secondary N) is 1. The van der Waals surface area contributed by atoms with Crippen LogP contribution in [-0.4, -0.2) is 56.9 Å². The summed E-state index contributed by atoms with van der Waals surface area (Å²) in [7, 11) is 0.